The lowest BCUT2D eigenvalue weighted by molar-refractivity contribution is 0.452. The molecule has 21 heavy (non-hydrogen) atoms. The number of fused-ring (bicyclic) bond motifs is 1. The Morgan fingerprint density at radius 3 is 2.86 bits per heavy atom. The van der Waals surface area contributed by atoms with Crippen LogP contribution in [0.2, 0.25) is 0 Å². The van der Waals surface area contributed by atoms with Gasteiger partial charge in [0, 0.05) is 0 Å². The molecule has 1 unspecified atom stereocenters. The van der Waals surface area contributed by atoms with E-state index in [2.05, 4.69) is 53.6 Å². The van der Waals surface area contributed by atoms with Gasteiger partial charge in [0.25, 0.3) is 0 Å². The topological polar surface area (TPSA) is 38.1 Å². The van der Waals surface area contributed by atoms with Crippen LogP contribution in [0.25, 0.3) is 22.2 Å². The summed E-state index contributed by atoms with van der Waals surface area (Å²) < 4.78 is 5.89. The van der Waals surface area contributed by atoms with Crippen LogP contribution in [-0.2, 0) is 0 Å². The van der Waals surface area contributed by atoms with E-state index in [4.69, 9.17) is 4.42 Å². The maximum absolute atomic E-state index is 5.89. The van der Waals surface area contributed by atoms with Crippen LogP contribution in [0.5, 0.6) is 0 Å². The van der Waals surface area contributed by atoms with Gasteiger partial charge in [0.05, 0.1) is 6.04 Å². The van der Waals surface area contributed by atoms with Gasteiger partial charge < -0.3 is 9.73 Å². The van der Waals surface area contributed by atoms with Crippen molar-refractivity contribution in [3.05, 3.63) is 53.9 Å². The van der Waals surface area contributed by atoms with E-state index >= 15 is 0 Å². The molecular formula is C18H18N2O. The number of aromatic nitrogens is 1. The van der Waals surface area contributed by atoms with Gasteiger partial charge in [-0.15, -0.1) is 0 Å². The highest BCUT2D eigenvalue weighted by molar-refractivity contribution is 5.80. The molecule has 0 spiro atoms. The van der Waals surface area contributed by atoms with Crippen molar-refractivity contribution in [3.8, 4) is 11.1 Å². The quantitative estimate of drug-likeness (QED) is 0.762. The zero-order valence-electron chi connectivity index (χ0n) is 12.1. The third-order valence-corrected chi connectivity index (χ3v) is 4.11. The minimum absolute atomic E-state index is 0.278. The van der Waals surface area contributed by atoms with Gasteiger partial charge in [-0.05, 0) is 49.6 Å². The molecule has 1 aromatic heterocycles. The van der Waals surface area contributed by atoms with Gasteiger partial charge in [-0.3, -0.25) is 0 Å². The predicted molar refractivity (Wildman–Crippen MR) is 84.2 cm³/mol. The average molecular weight is 278 g/mol. The van der Waals surface area contributed by atoms with E-state index in [1.165, 1.54) is 23.1 Å². The van der Waals surface area contributed by atoms with Gasteiger partial charge in [-0.2, -0.15) is 0 Å². The first-order valence-electron chi connectivity index (χ1n) is 7.50. The second kappa shape index (κ2) is 5.01. The van der Waals surface area contributed by atoms with Crippen molar-refractivity contribution in [1.82, 2.24) is 10.3 Å². The van der Waals surface area contributed by atoms with Gasteiger partial charge in [-0.1, -0.05) is 35.9 Å². The normalized spacial score (nSPS) is 18.4. The molecule has 2 aromatic carbocycles. The first kappa shape index (κ1) is 12.6. The van der Waals surface area contributed by atoms with Gasteiger partial charge in [0.15, 0.2) is 5.58 Å². The second-order valence-electron chi connectivity index (χ2n) is 5.75. The Balaban J connectivity index is 1.75. The first-order valence-corrected chi connectivity index (χ1v) is 7.50. The van der Waals surface area contributed by atoms with Crippen LogP contribution in [0.15, 0.2) is 46.9 Å². The van der Waals surface area contributed by atoms with Crippen molar-refractivity contribution < 1.29 is 4.42 Å². The summed E-state index contributed by atoms with van der Waals surface area (Å²) in [4.78, 5) is 4.67. The van der Waals surface area contributed by atoms with E-state index in [1.54, 1.807) is 0 Å². The molecule has 1 fully saturated rings. The fraction of sp³-hybridized carbons (Fsp3) is 0.278. The first-order chi connectivity index (χ1) is 10.3. The number of aryl methyl sites for hydroxylation is 1. The largest absolute Gasteiger partial charge is 0.439 e. The smallest absolute Gasteiger partial charge is 0.212 e. The SMILES string of the molecule is Cc1cccc(-c2ccc3oc(C4CCCN4)nc3c2)c1. The molecule has 0 bridgehead atoms. The van der Waals surface area contributed by atoms with Gasteiger partial charge in [0.2, 0.25) is 5.89 Å². The van der Waals surface area contributed by atoms with Gasteiger partial charge >= 0.3 is 0 Å². The second-order valence-corrected chi connectivity index (χ2v) is 5.75. The molecule has 3 aromatic rings. The van der Waals surface area contributed by atoms with Crippen LogP contribution in [0.1, 0.15) is 30.3 Å². The Morgan fingerprint density at radius 1 is 1.14 bits per heavy atom. The fourth-order valence-electron chi connectivity index (χ4n) is 2.99. The number of benzene rings is 2. The Bertz CT molecular complexity index is 785. The minimum atomic E-state index is 0.278. The molecular weight excluding hydrogens is 260 g/mol. The number of hydrogen-bond donors (Lipinski definition) is 1. The molecule has 2 heterocycles. The number of rotatable bonds is 2. The Morgan fingerprint density at radius 2 is 2.05 bits per heavy atom. The number of nitrogens with one attached hydrogen (secondary N) is 1. The Kier molecular flexibility index (Phi) is 3.00. The van der Waals surface area contributed by atoms with Crippen molar-refractivity contribution in [2.75, 3.05) is 6.54 Å². The van der Waals surface area contributed by atoms with Crippen LogP contribution in [0.3, 0.4) is 0 Å². The summed E-state index contributed by atoms with van der Waals surface area (Å²) in [5, 5.41) is 3.43. The van der Waals surface area contributed by atoms with E-state index in [9.17, 15) is 0 Å². The van der Waals surface area contributed by atoms with E-state index in [-0.39, 0.29) is 6.04 Å². The molecule has 0 saturated carbocycles. The van der Waals surface area contributed by atoms with E-state index in [0.717, 1.165) is 30.0 Å². The van der Waals surface area contributed by atoms with Crippen molar-refractivity contribution in [2.24, 2.45) is 0 Å². The highest BCUT2D eigenvalue weighted by Crippen LogP contribution is 2.29. The summed E-state index contributed by atoms with van der Waals surface area (Å²) >= 11 is 0. The Hall–Kier alpha value is -2.13. The summed E-state index contributed by atoms with van der Waals surface area (Å²) in [6.45, 7) is 3.17. The monoisotopic (exact) mass is 278 g/mol. The lowest BCUT2D eigenvalue weighted by Gasteiger charge is -2.02. The molecule has 3 heteroatoms. The van der Waals surface area contributed by atoms with Gasteiger partial charge in [-0.25, -0.2) is 4.98 Å². The molecule has 4 rings (SSSR count). The summed E-state index contributed by atoms with van der Waals surface area (Å²) in [6.07, 6.45) is 2.30. The van der Waals surface area contributed by atoms with E-state index in [0.29, 0.717) is 0 Å². The highest BCUT2D eigenvalue weighted by Gasteiger charge is 2.21. The molecule has 0 radical (unpaired) electrons. The molecule has 1 atom stereocenters. The van der Waals surface area contributed by atoms with Crippen LogP contribution in [0.4, 0.5) is 0 Å². The third-order valence-electron chi connectivity index (χ3n) is 4.11. The van der Waals surface area contributed by atoms with Crippen LogP contribution >= 0.6 is 0 Å². The van der Waals surface area contributed by atoms with Crippen molar-refractivity contribution in [3.63, 3.8) is 0 Å². The maximum Gasteiger partial charge on any atom is 0.212 e. The number of nitrogens with zero attached hydrogens (tertiary/aromatic N) is 1. The molecule has 0 amide bonds. The van der Waals surface area contributed by atoms with Gasteiger partial charge in [0.1, 0.15) is 5.52 Å². The zero-order valence-corrected chi connectivity index (χ0v) is 12.1. The Labute approximate surface area is 124 Å². The summed E-state index contributed by atoms with van der Waals surface area (Å²) in [5.41, 5.74) is 5.49. The van der Waals surface area contributed by atoms with E-state index < -0.39 is 0 Å². The van der Waals surface area contributed by atoms with Crippen LogP contribution < -0.4 is 5.32 Å². The minimum Gasteiger partial charge on any atom is -0.439 e. The van der Waals surface area contributed by atoms with Crippen molar-refractivity contribution >= 4 is 11.1 Å². The summed E-state index contributed by atoms with van der Waals surface area (Å²) in [7, 11) is 0. The molecule has 1 aliphatic heterocycles. The maximum atomic E-state index is 5.89. The highest BCUT2D eigenvalue weighted by atomic mass is 16.3. The fourth-order valence-corrected chi connectivity index (χ4v) is 2.99. The standard InChI is InChI=1S/C18H18N2O/c1-12-4-2-5-13(10-12)14-7-8-17-16(11-14)20-18(21-17)15-6-3-9-19-15/h2,4-5,7-8,10-11,15,19H,3,6,9H2,1H3. The summed E-state index contributed by atoms with van der Waals surface area (Å²) in [5.74, 6) is 0.823. The summed E-state index contributed by atoms with van der Waals surface area (Å²) in [6, 6.07) is 15.1. The lowest BCUT2D eigenvalue weighted by atomic mass is 10.0. The molecule has 3 nitrogen and oxygen atoms in total. The molecule has 1 N–H and O–H groups in total. The van der Waals surface area contributed by atoms with Crippen molar-refractivity contribution in [1.29, 1.82) is 0 Å². The third kappa shape index (κ3) is 2.34. The van der Waals surface area contributed by atoms with Crippen LogP contribution in [0, 0.1) is 6.92 Å². The number of oxazole rings is 1. The predicted octanol–water partition coefficient (Wildman–Crippen LogP) is 4.23. The average Bonchev–Trinajstić information content (AvgIpc) is 3.15. The van der Waals surface area contributed by atoms with Crippen molar-refractivity contribution in [2.45, 2.75) is 25.8 Å². The molecule has 1 saturated heterocycles. The zero-order chi connectivity index (χ0) is 14.2. The lowest BCUT2D eigenvalue weighted by Crippen LogP contribution is -2.12. The molecule has 106 valence electrons. The molecule has 1 aliphatic rings. The number of hydrogen-bond acceptors (Lipinski definition) is 3. The molecule has 0 aliphatic carbocycles. The van der Waals surface area contributed by atoms with Crippen LogP contribution in [-0.4, -0.2) is 11.5 Å². The van der Waals surface area contributed by atoms with E-state index in [1.807, 2.05) is 6.07 Å².